The lowest BCUT2D eigenvalue weighted by molar-refractivity contribution is 1.13. The quantitative estimate of drug-likeness (QED) is 0.542. The summed E-state index contributed by atoms with van der Waals surface area (Å²) in [5.74, 6) is 0. The van der Waals surface area contributed by atoms with Crippen LogP contribution in [0, 0.1) is 13.8 Å². The predicted molar refractivity (Wildman–Crippen MR) is 41.0 cm³/mol. The first-order chi connectivity index (χ1) is 4.22. The van der Waals surface area contributed by atoms with Gasteiger partial charge in [-0.25, -0.2) is 0 Å². The second kappa shape index (κ2) is 2.40. The largest absolute Gasteiger partial charge is 0.263 e. The van der Waals surface area contributed by atoms with Crippen LogP contribution < -0.4 is 0 Å². The van der Waals surface area contributed by atoms with E-state index in [9.17, 15) is 0 Å². The highest BCUT2D eigenvalue weighted by Gasteiger charge is 1.93. The first kappa shape index (κ1) is 6.62. The maximum Gasteiger partial charge on any atom is 0.0404 e. The first-order valence-electron chi connectivity index (χ1n) is 2.82. The van der Waals surface area contributed by atoms with Crippen molar-refractivity contribution in [1.82, 2.24) is 4.98 Å². The Kier molecular flexibility index (Phi) is 1.76. The van der Waals surface area contributed by atoms with Crippen LogP contribution in [0.1, 0.15) is 11.1 Å². The molecule has 0 aliphatic heterocycles. The van der Waals surface area contributed by atoms with E-state index >= 15 is 0 Å². The van der Waals surface area contributed by atoms with Gasteiger partial charge in [0, 0.05) is 17.3 Å². The van der Waals surface area contributed by atoms with Gasteiger partial charge in [0.25, 0.3) is 0 Å². The summed E-state index contributed by atoms with van der Waals surface area (Å²) in [4.78, 5) is 4.94. The Labute approximate surface area is 60.5 Å². The van der Waals surface area contributed by atoms with Gasteiger partial charge in [-0.15, -0.1) is 12.6 Å². The summed E-state index contributed by atoms with van der Waals surface area (Å²) in [6.45, 7) is 4.07. The van der Waals surface area contributed by atoms with Crippen LogP contribution in [0.5, 0.6) is 0 Å². The molecule has 1 rings (SSSR count). The van der Waals surface area contributed by atoms with Gasteiger partial charge >= 0.3 is 0 Å². The summed E-state index contributed by atoms with van der Waals surface area (Å²) < 4.78 is 0. The zero-order valence-corrected chi connectivity index (χ0v) is 6.44. The Morgan fingerprint density at radius 1 is 1.33 bits per heavy atom. The Bertz CT molecular complexity index is 200. The SMILES string of the molecule is Cc1cncc(S)c1C. The van der Waals surface area contributed by atoms with Gasteiger partial charge in [0.15, 0.2) is 0 Å². The monoisotopic (exact) mass is 139 g/mol. The fraction of sp³-hybridized carbons (Fsp3) is 0.286. The smallest absolute Gasteiger partial charge is 0.0404 e. The van der Waals surface area contributed by atoms with Crippen molar-refractivity contribution in [2.24, 2.45) is 0 Å². The number of aryl methyl sites for hydroxylation is 1. The summed E-state index contributed by atoms with van der Waals surface area (Å²) in [7, 11) is 0. The lowest BCUT2D eigenvalue weighted by Gasteiger charge is -1.99. The zero-order valence-electron chi connectivity index (χ0n) is 5.55. The fourth-order valence-electron chi connectivity index (χ4n) is 0.615. The molecule has 0 N–H and O–H groups in total. The Morgan fingerprint density at radius 2 is 2.00 bits per heavy atom. The Hall–Kier alpha value is -0.500. The average Bonchev–Trinajstić information content (AvgIpc) is 1.83. The van der Waals surface area contributed by atoms with E-state index in [4.69, 9.17) is 0 Å². The molecule has 1 aromatic rings. The molecule has 1 heterocycles. The van der Waals surface area contributed by atoms with Gasteiger partial charge < -0.3 is 0 Å². The summed E-state index contributed by atoms with van der Waals surface area (Å²) in [6.07, 6.45) is 3.60. The van der Waals surface area contributed by atoms with Crippen LogP contribution in [0.3, 0.4) is 0 Å². The zero-order chi connectivity index (χ0) is 6.85. The van der Waals surface area contributed by atoms with Crippen molar-refractivity contribution in [3.63, 3.8) is 0 Å². The molecule has 48 valence electrons. The van der Waals surface area contributed by atoms with E-state index in [1.54, 1.807) is 6.20 Å². The molecule has 9 heavy (non-hydrogen) atoms. The molecular formula is C7H9NS. The number of pyridine rings is 1. The van der Waals surface area contributed by atoms with Gasteiger partial charge in [-0.3, -0.25) is 4.98 Å². The molecule has 0 saturated carbocycles. The van der Waals surface area contributed by atoms with Gasteiger partial charge in [-0.2, -0.15) is 0 Å². The van der Waals surface area contributed by atoms with Crippen LogP contribution in [0.2, 0.25) is 0 Å². The Morgan fingerprint density at radius 3 is 2.44 bits per heavy atom. The second-order valence-corrected chi connectivity index (χ2v) is 2.58. The van der Waals surface area contributed by atoms with Gasteiger partial charge in [-0.05, 0) is 25.0 Å². The highest BCUT2D eigenvalue weighted by Crippen LogP contribution is 2.13. The molecule has 0 atom stereocenters. The van der Waals surface area contributed by atoms with E-state index in [0.717, 1.165) is 4.90 Å². The highest BCUT2D eigenvalue weighted by atomic mass is 32.1. The third-order valence-electron chi connectivity index (χ3n) is 1.44. The van der Waals surface area contributed by atoms with E-state index in [0.29, 0.717) is 0 Å². The molecule has 0 bridgehead atoms. The minimum absolute atomic E-state index is 0.968. The first-order valence-corrected chi connectivity index (χ1v) is 3.26. The van der Waals surface area contributed by atoms with Gasteiger partial charge in [0.2, 0.25) is 0 Å². The number of aromatic nitrogens is 1. The predicted octanol–water partition coefficient (Wildman–Crippen LogP) is 1.99. The van der Waals surface area contributed by atoms with E-state index < -0.39 is 0 Å². The summed E-state index contributed by atoms with van der Waals surface area (Å²) >= 11 is 4.21. The normalized spacial score (nSPS) is 9.67. The molecule has 0 aliphatic carbocycles. The average molecular weight is 139 g/mol. The molecule has 1 aromatic heterocycles. The lowest BCUT2D eigenvalue weighted by atomic mass is 10.2. The van der Waals surface area contributed by atoms with E-state index in [-0.39, 0.29) is 0 Å². The minimum atomic E-state index is 0.968. The third kappa shape index (κ3) is 1.24. The summed E-state index contributed by atoms with van der Waals surface area (Å²) in [6, 6.07) is 0. The van der Waals surface area contributed by atoms with Gasteiger partial charge in [0.05, 0.1) is 0 Å². The lowest BCUT2D eigenvalue weighted by Crippen LogP contribution is -1.83. The van der Waals surface area contributed by atoms with Crippen LogP contribution in [0.15, 0.2) is 17.3 Å². The second-order valence-electron chi connectivity index (χ2n) is 2.10. The van der Waals surface area contributed by atoms with Gasteiger partial charge in [0.1, 0.15) is 0 Å². The van der Waals surface area contributed by atoms with E-state index in [1.165, 1.54) is 11.1 Å². The molecule has 0 unspecified atom stereocenters. The fourth-order valence-corrected chi connectivity index (χ4v) is 0.858. The van der Waals surface area contributed by atoms with Crippen LogP contribution in [-0.4, -0.2) is 4.98 Å². The van der Waals surface area contributed by atoms with Crippen molar-refractivity contribution in [2.45, 2.75) is 18.7 Å². The summed E-state index contributed by atoms with van der Waals surface area (Å²) in [5, 5.41) is 0. The number of thiol groups is 1. The molecule has 0 radical (unpaired) electrons. The van der Waals surface area contributed by atoms with Crippen molar-refractivity contribution in [3.05, 3.63) is 23.5 Å². The van der Waals surface area contributed by atoms with Crippen LogP contribution in [0.4, 0.5) is 0 Å². The number of hydrogen-bond donors (Lipinski definition) is 1. The highest BCUT2D eigenvalue weighted by molar-refractivity contribution is 7.80. The topological polar surface area (TPSA) is 12.9 Å². The molecule has 0 amide bonds. The molecule has 0 aromatic carbocycles. The Balaban J connectivity index is 3.25. The molecule has 0 fully saturated rings. The summed E-state index contributed by atoms with van der Waals surface area (Å²) in [5.41, 5.74) is 2.41. The van der Waals surface area contributed by atoms with Crippen molar-refractivity contribution in [1.29, 1.82) is 0 Å². The van der Waals surface area contributed by atoms with Crippen molar-refractivity contribution in [3.8, 4) is 0 Å². The maximum atomic E-state index is 4.21. The number of nitrogens with zero attached hydrogens (tertiary/aromatic N) is 1. The van der Waals surface area contributed by atoms with Crippen LogP contribution in [-0.2, 0) is 0 Å². The molecule has 0 spiro atoms. The molecule has 0 saturated heterocycles. The van der Waals surface area contributed by atoms with Crippen molar-refractivity contribution < 1.29 is 0 Å². The van der Waals surface area contributed by atoms with E-state index in [2.05, 4.69) is 17.6 Å². The third-order valence-corrected chi connectivity index (χ3v) is 1.89. The standard InChI is InChI=1S/C7H9NS/c1-5-3-8-4-7(9)6(5)2/h3-4,9H,1-2H3. The number of rotatable bonds is 0. The molecule has 1 nitrogen and oxygen atoms in total. The van der Waals surface area contributed by atoms with Crippen molar-refractivity contribution >= 4 is 12.6 Å². The van der Waals surface area contributed by atoms with Crippen LogP contribution in [0.25, 0.3) is 0 Å². The number of hydrogen-bond acceptors (Lipinski definition) is 2. The van der Waals surface area contributed by atoms with Gasteiger partial charge in [-0.1, -0.05) is 0 Å². The molecular weight excluding hydrogens is 130 g/mol. The molecule has 0 aliphatic rings. The minimum Gasteiger partial charge on any atom is -0.263 e. The van der Waals surface area contributed by atoms with Crippen LogP contribution >= 0.6 is 12.6 Å². The maximum absolute atomic E-state index is 4.21. The van der Waals surface area contributed by atoms with E-state index in [1.807, 2.05) is 20.0 Å². The van der Waals surface area contributed by atoms with Crippen molar-refractivity contribution in [2.75, 3.05) is 0 Å². The molecule has 2 heteroatoms.